The van der Waals surface area contributed by atoms with Crippen molar-refractivity contribution in [3.8, 4) is 0 Å². The molecule has 0 unspecified atom stereocenters. The first-order valence-corrected chi connectivity index (χ1v) is 12.4. The van der Waals surface area contributed by atoms with Crippen molar-refractivity contribution in [1.82, 2.24) is 0 Å². The zero-order chi connectivity index (χ0) is 23.9. The number of carbonyl (C=O) groups is 1. The number of nitrogens with zero attached hydrogens (tertiary/aromatic N) is 2. The highest BCUT2D eigenvalue weighted by molar-refractivity contribution is 7.90. The number of hydrogen-bond acceptors (Lipinski definition) is 3. The Kier molecular flexibility index (Phi) is 7.38. The van der Waals surface area contributed by atoms with Gasteiger partial charge in [-0.15, -0.1) is 4.40 Å². The molecule has 168 valence electrons. The van der Waals surface area contributed by atoms with Crippen LogP contribution < -0.4 is 0 Å². The van der Waals surface area contributed by atoms with Gasteiger partial charge < -0.3 is 0 Å². The molecule has 0 radical (unpaired) electrons. The van der Waals surface area contributed by atoms with Crippen LogP contribution in [0.15, 0.2) is 78.9 Å². The SMILES string of the molecule is Cc1ccc(S(=O)(=O)N=C(N=C2C(Cl)=C(Cl)C(=O)C(Cl)(Cl)C2(Cl)Cl)c2ccccc2)cc1. The summed E-state index contributed by atoms with van der Waals surface area (Å²) in [4.78, 5) is 16.4. The first kappa shape index (κ1) is 25.5. The molecule has 0 aliphatic heterocycles. The van der Waals surface area contributed by atoms with Crippen molar-refractivity contribution in [2.75, 3.05) is 0 Å². The molecule has 2 aromatic rings. The molecule has 0 spiro atoms. The number of halogens is 6. The number of sulfonamides is 1. The van der Waals surface area contributed by atoms with Gasteiger partial charge in [0.25, 0.3) is 10.0 Å². The van der Waals surface area contributed by atoms with Gasteiger partial charge in [-0.1, -0.05) is 118 Å². The summed E-state index contributed by atoms with van der Waals surface area (Å²) in [6.07, 6.45) is 0. The molecule has 0 amide bonds. The van der Waals surface area contributed by atoms with Crippen LogP contribution in [0.2, 0.25) is 0 Å². The second kappa shape index (κ2) is 9.26. The van der Waals surface area contributed by atoms with Gasteiger partial charge in [-0.25, -0.2) is 4.99 Å². The van der Waals surface area contributed by atoms with Crippen LogP contribution in [0.4, 0.5) is 0 Å². The number of ketones is 1. The van der Waals surface area contributed by atoms with E-state index in [9.17, 15) is 13.2 Å². The molecule has 0 heterocycles. The molecule has 0 fully saturated rings. The van der Waals surface area contributed by atoms with E-state index in [1.165, 1.54) is 12.1 Å². The fourth-order valence-corrected chi connectivity index (χ4v) is 5.06. The molecule has 1 aliphatic carbocycles. The van der Waals surface area contributed by atoms with E-state index in [-0.39, 0.29) is 16.3 Å². The zero-order valence-corrected chi connectivity index (χ0v) is 21.3. The molecule has 0 saturated carbocycles. The predicted molar refractivity (Wildman–Crippen MR) is 131 cm³/mol. The lowest BCUT2D eigenvalue weighted by Crippen LogP contribution is -2.53. The van der Waals surface area contributed by atoms with Gasteiger partial charge in [0, 0.05) is 5.56 Å². The van der Waals surface area contributed by atoms with Crippen molar-refractivity contribution in [2.45, 2.75) is 20.5 Å². The maximum atomic E-state index is 13.0. The van der Waals surface area contributed by atoms with Gasteiger partial charge in [-0.05, 0) is 19.1 Å². The summed E-state index contributed by atoms with van der Waals surface area (Å²) in [7, 11) is -4.21. The van der Waals surface area contributed by atoms with Gasteiger partial charge in [0.2, 0.25) is 14.4 Å². The second-order valence-corrected chi connectivity index (χ2v) is 11.7. The molecular weight excluding hydrogens is 561 g/mol. The Hall–Kier alpha value is -1.12. The maximum absolute atomic E-state index is 13.0. The van der Waals surface area contributed by atoms with Crippen LogP contribution in [-0.2, 0) is 14.8 Å². The first-order chi connectivity index (χ1) is 14.8. The third kappa shape index (κ3) is 4.73. The van der Waals surface area contributed by atoms with E-state index in [4.69, 9.17) is 69.6 Å². The summed E-state index contributed by atoms with van der Waals surface area (Å²) in [6, 6.07) is 14.2. The van der Waals surface area contributed by atoms with Crippen molar-refractivity contribution in [3.05, 3.63) is 75.8 Å². The zero-order valence-electron chi connectivity index (χ0n) is 16.0. The van der Waals surface area contributed by atoms with Gasteiger partial charge in [0.15, 0.2) is 5.84 Å². The highest BCUT2D eigenvalue weighted by atomic mass is 35.5. The van der Waals surface area contributed by atoms with Crippen LogP contribution in [0, 0.1) is 6.92 Å². The highest BCUT2D eigenvalue weighted by Gasteiger charge is 2.61. The standard InChI is InChI=1S/C20H12Cl6N2O3S/c1-11-7-9-13(10-8-11)32(30,31)28-18(12-5-3-2-4-6-12)27-16-14(21)15(22)17(29)20(25,26)19(16,23)24/h2-10H,1H3. The molecule has 0 bridgehead atoms. The molecule has 1 aliphatic rings. The molecule has 3 rings (SSSR count). The fraction of sp³-hybridized carbons (Fsp3) is 0.150. The van der Waals surface area contributed by atoms with Crippen LogP contribution in [0.1, 0.15) is 11.1 Å². The van der Waals surface area contributed by atoms with E-state index in [2.05, 4.69) is 9.39 Å². The minimum absolute atomic E-state index is 0.0673. The molecule has 5 nitrogen and oxygen atoms in total. The van der Waals surface area contributed by atoms with Gasteiger partial charge in [-0.2, -0.15) is 8.42 Å². The molecule has 12 heteroatoms. The largest absolute Gasteiger partial charge is 0.290 e. The Balaban J connectivity index is 2.29. The third-order valence-electron chi connectivity index (χ3n) is 4.35. The maximum Gasteiger partial charge on any atom is 0.284 e. The Morgan fingerprint density at radius 3 is 1.97 bits per heavy atom. The monoisotopic (exact) mass is 570 g/mol. The Morgan fingerprint density at radius 2 is 1.41 bits per heavy atom. The molecule has 0 saturated heterocycles. The Labute approximate surface area is 214 Å². The number of benzene rings is 2. The number of hydrogen-bond donors (Lipinski definition) is 0. The first-order valence-electron chi connectivity index (χ1n) is 8.71. The van der Waals surface area contributed by atoms with Gasteiger partial charge in [0.05, 0.1) is 9.93 Å². The lowest BCUT2D eigenvalue weighted by atomic mass is 10.0. The summed E-state index contributed by atoms with van der Waals surface area (Å²) in [5.74, 6) is -1.35. The topological polar surface area (TPSA) is 75.9 Å². The summed E-state index contributed by atoms with van der Waals surface area (Å²) in [6.45, 7) is 1.81. The second-order valence-electron chi connectivity index (χ2n) is 6.64. The summed E-state index contributed by atoms with van der Waals surface area (Å²) >= 11 is 36.9. The number of carbonyl (C=O) groups excluding carboxylic acids is 1. The van der Waals surface area contributed by atoms with E-state index in [0.29, 0.717) is 0 Å². The van der Waals surface area contributed by atoms with Gasteiger partial charge in [-0.3, -0.25) is 4.79 Å². The lowest BCUT2D eigenvalue weighted by molar-refractivity contribution is -0.115. The van der Waals surface area contributed by atoms with Crippen molar-refractivity contribution in [2.24, 2.45) is 9.39 Å². The van der Waals surface area contributed by atoms with Crippen LogP contribution in [0.3, 0.4) is 0 Å². The van der Waals surface area contributed by atoms with Crippen LogP contribution in [0.5, 0.6) is 0 Å². The average molecular weight is 573 g/mol. The van der Waals surface area contributed by atoms with Crippen molar-refractivity contribution >= 4 is 97.0 Å². The molecule has 0 aromatic heterocycles. The number of allylic oxidation sites excluding steroid dienone is 2. The average Bonchev–Trinajstić information content (AvgIpc) is 2.74. The quantitative estimate of drug-likeness (QED) is 0.250. The Bertz CT molecular complexity index is 1270. The molecule has 0 N–H and O–H groups in total. The molecular formula is C20H12Cl6N2O3S. The summed E-state index contributed by atoms with van der Waals surface area (Å²) in [5, 5.41) is -0.990. The molecule has 32 heavy (non-hydrogen) atoms. The molecule has 2 aromatic carbocycles. The van der Waals surface area contributed by atoms with E-state index in [1.807, 2.05) is 6.92 Å². The third-order valence-corrected chi connectivity index (χ3v) is 8.68. The van der Waals surface area contributed by atoms with Crippen LogP contribution in [-0.4, -0.2) is 34.4 Å². The van der Waals surface area contributed by atoms with Crippen molar-refractivity contribution in [3.63, 3.8) is 0 Å². The number of aryl methyl sites for hydroxylation is 1. The Morgan fingerprint density at radius 1 is 0.844 bits per heavy atom. The van der Waals surface area contributed by atoms with Gasteiger partial charge in [0.1, 0.15) is 10.7 Å². The van der Waals surface area contributed by atoms with Crippen molar-refractivity contribution < 1.29 is 13.2 Å². The smallest absolute Gasteiger partial charge is 0.284 e. The highest BCUT2D eigenvalue weighted by Crippen LogP contribution is 2.52. The van der Waals surface area contributed by atoms with Crippen LogP contribution >= 0.6 is 69.6 Å². The number of amidine groups is 1. The number of Topliss-reactive ketones (excluding diaryl/α,β-unsaturated/α-hetero) is 1. The van der Waals surface area contributed by atoms with Crippen LogP contribution in [0.25, 0.3) is 0 Å². The fourth-order valence-electron chi connectivity index (χ4n) is 2.60. The normalized spacial score (nSPS) is 20.0. The van der Waals surface area contributed by atoms with Crippen molar-refractivity contribution in [1.29, 1.82) is 0 Å². The minimum Gasteiger partial charge on any atom is -0.290 e. The number of alkyl halides is 4. The van der Waals surface area contributed by atoms with E-state index in [1.54, 1.807) is 42.5 Å². The summed E-state index contributed by atoms with van der Waals surface area (Å²) in [5.41, 5.74) is 0.718. The van der Waals surface area contributed by atoms with Gasteiger partial charge >= 0.3 is 0 Å². The molecule has 0 atom stereocenters. The van der Waals surface area contributed by atoms with E-state index in [0.717, 1.165) is 5.56 Å². The van der Waals surface area contributed by atoms with E-state index >= 15 is 0 Å². The lowest BCUT2D eigenvalue weighted by Gasteiger charge is -2.36. The minimum atomic E-state index is -4.21. The number of rotatable bonds is 3. The summed E-state index contributed by atoms with van der Waals surface area (Å²) < 4.78 is 25.0. The predicted octanol–water partition coefficient (Wildman–Crippen LogP) is 6.19. The number of aliphatic imine (C=N–C) groups is 1. The van der Waals surface area contributed by atoms with E-state index < -0.39 is 40.2 Å².